The molecule has 3 rings (SSSR count). The lowest BCUT2D eigenvalue weighted by Crippen LogP contribution is -2.36. The van der Waals surface area contributed by atoms with Crippen LogP contribution in [0.5, 0.6) is 5.75 Å². The first-order chi connectivity index (χ1) is 13.4. The molecule has 0 fully saturated rings. The molecule has 28 heavy (non-hydrogen) atoms. The van der Waals surface area contributed by atoms with Crippen molar-refractivity contribution in [1.29, 1.82) is 0 Å². The maximum atomic E-state index is 12.6. The highest BCUT2D eigenvalue weighted by Crippen LogP contribution is 2.19. The summed E-state index contributed by atoms with van der Waals surface area (Å²) in [4.78, 5) is 49.5. The minimum absolute atomic E-state index is 0.269. The smallest absolute Gasteiger partial charge is 0.316 e. The summed E-state index contributed by atoms with van der Waals surface area (Å²) in [5, 5.41) is 2.71. The van der Waals surface area contributed by atoms with Crippen molar-refractivity contribution in [2.75, 3.05) is 11.9 Å². The number of aromatic nitrogens is 2. The molecule has 1 aromatic heterocycles. The van der Waals surface area contributed by atoms with Crippen LogP contribution in [-0.4, -0.2) is 28.0 Å². The highest BCUT2D eigenvalue weighted by Gasteiger charge is 2.11. The summed E-state index contributed by atoms with van der Waals surface area (Å²) in [6, 6.07) is 11.2. The predicted octanol–water partition coefficient (Wildman–Crippen LogP) is 0.826. The molecular formula is C19H18N4O5. The van der Waals surface area contributed by atoms with Crippen molar-refractivity contribution in [2.45, 2.75) is 13.5 Å². The maximum absolute atomic E-state index is 12.6. The Labute approximate surface area is 158 Å². The van der Waals surface area contributed by atoms with E-state index in [0.29, 0.717) is 34.6 Å². The number of amides is 2. The molecule has 1 heterocycles. The van der Waals surface area contributed by atoms with Crippen molar-refractivity contribution in [3.8, 4) is 5.75 Å². The van der Waals surface area contributed by atoms with Gasteiger partial charge in [-0.25, -0.2) is 0 Å². The Morgan fingerprint density at radius 2 is 1.96 bits per heavy atom. The van der Waals surface area contributed by atoms with Crippen molar-refractivity contribution in [1.82, 2.24) is 9.55 Å². The van der Waals surface area contributed by atoms with Gasteiger partial charge >= 0.3 is 11.1 Å². The van der Waals surface area contributed by atoms with Crippen LogP contribution in [0.25, 0.3) is 11.0 Å². The van der Waals surface area contributed by atoms with E-state index in [1.165, 1.54) is 10.6 Å². The Balaban J connectivity index is 1.87. The molecular weight excluding hydrogens is 364 g/mol. The number of nitrogens with two attached hydrogens (primary N) is 1. The van der Waals surface area contributed by atoms with Crippen molar-refractivity contribution in [2.24, 2.45) is 5.73 Å². The zero-order valence-electron chi connectivity index (χ0n) is 15.0. The van der Waals surface area contributed by atoms with Crippen LogP contribution in [0.15, 0.2) is 52.1 Å². The predicted molar refractivity (Wildman–Crippen MR) is 104 cm³/mol. The van der Waals surface area contributed by atoms with Gasteiger partial charge in [-0.3, -0.25) is 19.2 Å². The summed E-state index contributed by atoms with van der Waals surface area (Å²) < 4.78 is 6.55. The van der Waals surface area contributed by atoms with Gasteiger partial charge in [0, 0.05) is 23.9 Å². The van der Waals surface area contributed by atoms with E-state index in [1.807, 2.05) is 0 Å². The first-order valence-corrected chi connectivity index (χ1v) is 8.48. The number of primary amides is 1. The summed E-state index contributed by atoms with van der Waals surface area (Å²) in [5.74, 6) is -0.638. The van der Waals surface area contributed by atoms with E-state index in [2.05, 4.69) is 10.3 Å². The molecule has 3 aromatic rings. The van der Waals surface area contributed by atoms with E-state index in [0.717, 1.165) is 0 Å². The van der Waals surface area contributed by atoms with E-state index in [4.69, 9.17) is 10.5 Å². The minimum atomic E-state index is -0.744. The van der Waals surface area contributed by atoms with Gasteiger partial charge in [0.2, 0.25) is 0 Å². The average molecular weight is 382 g/mol. The number of aromatic amines is 1. The highest BCUT2D eigenvalue weighted by molar-refractivity contribution is 6.06. The third kappa shape index (κ3) is 3.93. The number of aryl methyl sites for hydroxylation is 1. The number of rotatable bonds is 6. The van der Waals surface area contributed by atoms with Crippen molar-refractivity contribution < 1.29 is 14.3 Å². The molecule has 9 nitrogen and oxygen atoms in total. The van der Waals surface area contributed by atoms with E-state index in [-0.39, 0.29) is 6.61 Å². The molecule has 0 saturated heterocycles. The van der Waals surface area contributed by atoms with E-state index < -0.39 is 22.9 Å². The number of H-pyrrole nitrogens is 1. The molecule has 2 aromatic carbocycles. The first-order valence-electron chi connectivity index (χ1n) is 8.48. The lowest BCUT2D eigenvalue weighted by molar-refractivity contribution is -0.119. The summed E-state index contributed by atoms with van der Waals surface area (Å²) >= 11 is 0. The molecule has 0 aliphatic rings. The van der Waals surface area contributed by atoms with Gasteiger partial charge in [-0.05, 0) is 37.3 Å². The van der Waals surface area contributed by atoms with Crippen molar-refractivity contribution in [3.05, 3.63) is 68.7 Å². The molecule has 9 heteroatoms. The molecule has 0 aliphatic carbocycles. The number of carbonyl (C=O) groups excluding carboxylic acids is 2. The Morgan fingerprint density at radius 1 is 1.18 bits per heavy atom. The fraction of sp³-hybridized carbons (Fsp3) is 0.158. The van der Waals surface area contributed by atoms with Gasteiger partial charge in [-0.15, -0.1) is 0 Å². The normalized spacial score (nSPS) is 10.6. The molecule has 0 saturated carbocycles. The zero-order chi connectivity index (χ0) is 20.3. The lowest BCUT2D eigenvalue weighted by Gasteiger charge is -2.10. The molecule has 0 atom stereocenters. The number of nitrogens with zero attached hydrogens (tertiary/aromatic N) is 1. The molecule has 0 aliphatic heterocycles. The van der Waals surface area contributed by atoms with Gasteiger partial charge in [0.25, 0.3) is 11.8 Å². The summed E-state index contributed by atoms with van der Waals surface area (Å²) in [7, 11) is 0. The van der Waals surface area contributed by atoms with Gasteiger partial charge in [0.1, 0.15) is 5.75 Å². The SMILES string of the molecule is CCn1c(=O)c(=O)[nH]c2cc(C(=O)Nc3cccc(OCC(N)=O)c3)ccc21. The van der Waals surface area contributed by atoms with Gasteiger partial charge in [0.05, 0.1) is 11.0 Å². The van der Waals surface area contributed by atoms with Gasteiger partial charge < -0.3 is 25.3 Å². The van der Waals surface area contributed by atoms with Gasteiger partial charge in [-0.2, -0.15) is 0 Å². The quantitative estimate of drug-likeness (QED) is 0.542. The van der Waals surface area contributed by atoms with Crippen LogP contribution in [0.1, 0.15) is 17.3 Å². The van der Waals surface area contributed by atoms with Crippen LogP contribution in [0.4, 0.5) is 5.69 Å². The van der Waals surface area contributed by atoms with Crippen LogP contribution in [0.2, 0.25) is 0 Å². The number of hydrogen-bond acceptors (Lipinski definition) is 5. The van der Waals surface area contributed by atoms with Crippen LogP contribution >= 0.6 is 0 Å². The topological polar surface area (TPSA) is 136 Å². The number of hydrogen-bond donors (Lipinski definition) is 3. The number of ether oxygens (including phenoxy) is 1. The zero-order valence-corrected chi connectivity index (χ0v) is 15.0. The number of fused-ring (bicyclic) bond motifs is 1. The standard InChI is InChI=1S/C19H18N4O5/c1-2-23-15-7-6-11(8-14(15)22-18(26)19(23)27)17(25)21-12-4-3-5-13(9-12)28-10-16(20)24/h3-9H,2,10H2,1H3,(H2,20,24)(H,21,25)(H,22,26). The minimum Gasteiger partial charge on any atom is -0.484 e. The number of anilines is 1. The number of benzene rings is 2. The Bertz CT molecular complexity index is 1180. The molecule has 144 valence electrons. The average Bonchev–Trinajstić information content (AvgIpc) is 2.67. The molecule has 2 amide bonds. The van der Waals surface area contributed by atoms with Gasteiger partial charge in [-0.1, -0.05) is 6.07 Å². The second-order valence-corrected chi connectivity index (χ2v) is 5.97. The fourth-order valence-corrected chi connectivity index (χ4v) is 2.76. The largest absolute Gasteiger partial charge is 0.484 e. The van der Waals surface area contributed by atoms with E-state index in [9.17, 15) is 19.2 Å². The summed E-state index contributed by atoms with van der Waals surface area (Å²) in [6.45, 7) is 1.83. The third-order valence-electron chi connectivity index (χ3n) is 4.03. The Kier molecular flexibility index (Phi) is 5.25. The number of nitrogens with one attached hydrogen (secondary N) is 2. The molecule has 4 N–H and O–H groups in total. The van der Waals surface area contributed by atoms with Crippen LogP contribution in [0.3, 0.4) is 0 Å². The van der Waals surface area contributed by atoms with Gasteiger partial charge in [0.15, 0.2) is 6.61 Å². The molecule has 0 spiro atoms. The van der Waals surface area contributed by atoms with Crippen molar-refractivity contribution in [3.63, 3.8) is 0 Å². The lowest BCUT2D eigenvalue weighted by atomic mass is 10.1. The van der Waals surface area contributed by atoms with Crippen molar-refractivity contribution >= 4 is 28.5 Å². The monoisotopic (exact) mass is 382 g/mol. The Morgan fingerprint density at radius 3 is 2.68 bits per heavy atom. The maximum Gasteiger partial charge on any atom is 0.316 e. The van der Waals surface area contributed by atoms with E-state index in [1.54, 1.807) is 43.3 Å². The first kappa shape index (κ1) is 18.9. The number of carbonyl (C=O) groups is 2. The van der Waals surface area contributed by atoms with Crippen LogP contribution in [-0.2, 0) is 11.3 Å². The fourth-order valence-electron chi connectivity index (χ4n) is 2.76. The molecule has 0 radical (unpaired) electrons. The Hall–Kier alpha value is -3.88. The second kappa shape index (κ2) is 7.78. The summed E-state index contributed by atoms with van der Waals surface area (Å²) in [5.41, 5.74) is 5.33. The van der Waals surface area contributed by atoms with Crippen LogP contribution in [0, 0.1) is 0 Å². The molecule has 0 bridgehead atoms. The highest BCUT2D eigenvalue weighted by atomic mass is 16.5. The summed E-state index contributed by atoms with van der Waals surface area (Å²) in [6.07, 6.45) is 0. The second-order valence-electron chi connectivity index (χ2n) is 5.97. The van der Waals surface area contributed by atoms with E-state index >= 15 is 0 Å². The third-order valence-corrected chi connectivity index (χ3v) is 4.03. The molecule has 0 unspecified atom stereocenters. The van der Waals surface area contributed by atoms with Crippen LogP contribution < -0.4 is 26.9 Å².